The maximum absolute atomic E-state index is 13.8. The molecule has 3 atom stereocenters. The number of aliphatic hydroxyl groups excluding tert-OH is 1. The molecule has 2 aromatic rings. The first-order valence-electron chi connectivity index (χ1n) is 7.24. The molecular formula is C16H16F2N2O. The highest BCUT2D eigenvalue weighted by molar-refractivity contribution is 5.69. The van der Waals surface area contributed by atoms with Gasteiger partial charge < -0.3 is 9.67 Å². The molecule has 21 heavy (non-hydrogen) atoms. The maximum Gasteiger partial charge on any atom is 0.248 e. The Morgan fingerprint density at radius 3 is 2.95 bits per heavy atom. The van der Waals surface area contributed by atoms with Gasteiger partial charge in [0.15, 0.2) is 0 Å². The number of aliphatic hydroxyl groups is 1. The average Bonchev–Trinajstić information content (AvgIpc) is 3.02. The van der Waals surface area contributed by atoms with Crippen LogP contribution in [0.5, 0.6) is 0 Å². The van der Waals surface area contributed by atoms with Crippen molar-refractivity contribution < 1.29 is 13.9 Å². The van der Waals surface area contributed by atoms with Gasteiger partial charge in [0.1, 0.15) is 0 Å². The predicted octanol–water partition coefficient (Wildman–Crippen LogP) is 3.25. The molecule has 2 unspecified atom stereocenters. The number of imidazole rings is 1. The van der Waals surface area contributed by atoms with Gasteiger partial charge in [0.25, 0.3) is 0 Å². The van der Waals surface area contributed by atoms with Crippen LogP contribution in [0, 0.1) is 5.92 Å². The van der Waals surface area contributed by atoms with Crippen molar-refractivity contribution in [1.82, 2.24) is 9.55 Å². The predicted molar refractivity (Wildman–Crippen MR) is 74.1 cm³/mol. The monoisotopic (exact) mass is 290 g/mol. The fraction of sp³-hybridized carbons (Fsp3) is 0.438. The fourth-order valence-electron chi connectivity index (χ4n) is 3.79. The average molecular weight is 290 g/mol. The number of alkyl halides is 2. The van der Waals surface area contributed by atoms with E-state index in [0.717, 1.165) is 16.8 Å². The van der Waals surface area contributed by atoms with E-state index in [9.17, 15) is 13.9 Å². The number of rotatable bonds is 1. The molecule has 2 aliphatic rings. The second-order valence-electron chi connectivity index (χ2n) is 6.05. The highest BCUT2D eigenvalue weighted by atomic mass is 19.3. The fourth-order valence-corrected chi connectivity index (χ4v) is 3.79. The van der Waals surface area contributed by atoms with Crippen molar-refractivity contribution in [1.29, 1.82) is 0 Å². The van der Waals surface area contributed by atoms with Crippen LogP contribution in [-0.2, 0) is 0 Å². The smallest absolute Gasteiger partial charge is 0.248 e. The summed E-state index contributed by atoms with van der Waals surface area (Å²) in [5, 5.41) is 10.3. The molecule has 110 valence electrons. The van der Waals surface area contributed by atoms with E-state index in [1.165, 1.54) is 0 Å². The van der Waals surface area contributed by atoms with Crippen molar-refractivity contribution in [2.24, 2.45) is 5.92 Å². The number of benzene rings is 1. The van der Waals surface area contributed by atoms with Gasteiger partial charge in [-0.1, -0.05) is 24.3 Å². The molecule has 0 spiro atoms. The molecule has 3 nitrogen and oxygen atoms in total. The van der Waals surface area contributed by atoms with Crippen molar-refractivity contribution >= 4 is 0 Å². The van der Waals surface area contributed by atoms with Gasteiger partial charge in [-0.15, -0.1) is 0 Å². The summed E-state index contributed by atoms with van der Waals surface area (Å²) in [5.41, 5.74) is 2.98. The molecule has 1 fully saturated rings. The first-order chi connectivity index (χ1) is 10.1. The summed E-state index contributed by atoms with van der Waals surface area (Å²) < 4.78 is 29.6. The summed E-state index contributed by atoms with van der Waals surface area (Å²) in [6.45, 7) is 0. The number of hydrogen-bond acceptors (Lipinski definition) is 2. The van der Waals surface area contributed by atoms with Gasteiger partial charge in [0.2, 0.25) is 5.92 Å². The third-order valence-electron chi connectivity index (χ3n) is 4.76. The Morgan fingerprint density at radius 1 is 1.29 bits per heavy atom. The Balaban J connectivity index is 1.82. The largest absolute Gasteiger partial charge is 0.393 e. The molecular weight excluding hydrogens is 274 g/mol. The lowest BCUT2D eigenvalue weighted by Gasteiger charge is -2.37. The molecule has 5 heteroatoms. The molecule has 4 rings (SSSR count). The lowest BCUT2D eigenvalue weighted by Crippen LogP contribution is -2.40. The number of fused-ring (bicyclic) bond motifs is 3. The van der Waals surface area contributed by atoms with Crippen molar-refractivity contribution in [2.45, 2.75) is 37.3 Å². The molecule has 1 aliphatic carbocycles. The molecule has 1 N–H and O–H groups in total. The maximum atomic E-state index is 13.8. The molecule has 1 saturated carbocycles. The zero-order valence-electron chi connectivity index (χ0n) is 11.4. The summed E-state index contributed by atoms with van der Waals surface area (Å²) in [4.78, 5) is 4.14. The standard InChI is InChI=1S/C16H16F2N2O/c17-16(18)6-5-14(21)12(7-16)15-11-4-2-1-3-10(11)13-8-19-9-20(13)15/h1-4,8-9,12,14-15,21H,5-7H2/t12?,14-,15?/m0/s1. The van der Waals surface area contributed by atoms with Crippen LogP contribution in [0.4, 0.5) is 8.78 Å². The van der Waals surface area contributed by atoms with Gasteiger partial charge in [-0.05, 0) is 12.0 Å². The zero-order valence-corrected chi connectivity index (χ0v) is 11.4. The van der Waals surface area contributed by atoms with Gasteiger partial charge in [-0.25, -0.2) is 13.8 Å². The van der Waals surface area contributed by atoms with Crippen LogP contribution in [0.15, 0.2) is 36.8 Å². The van der Waals surface area contributed by atoms with E-state index >= 15 is 0 Å². The highest BCUT2D eigenvalue weighted by Gasteiger charge is 2.47. The molecule has 1 aromatic heterocycles. The lowest BCUT2D eigenvalue weighted by molar-refractivity contribution is -0.0990. The number of aromatic nitrogens is 2. The summed E-state index contributed by atoms with van der Waals surface area (Å²) in [7, 11) is 0. The molecule has 1 aliphatic heterocycles. The van der Waals surface area contributed by atoms with E-state index in [4.69, 9.17) is 0 Å². The van der Waals surface area contributed by atoms with Crippen LogP contribution in [0.3, 0.4) is 0 Å². The summed E-state index contributed by atoms with van der Waals surface area (Å²) >= 11 is 0. The van der Waals surface area contributed by atoms with Gasteiger partial charge in [-0.3, -0.25) is 0 Å². The van der Waals surface area contributed by atoms with E-state index in [1.807, 2.05) is 28.8 Å². The Kier molecular flexibility index (Phi) is 2.70. The van der Waals surface area contributed by atoms with Gasteiger partial charge in [-0.2, -0.15) is 0 Å². The van der Waals surface area contributed by atoms with Crippen LogP contribution in [0.2, 0.25) is 0 Å². The van der Waals surface area contributed by atoms with E-state index in [-0.39, 0.29) is 25.3 Å². The SMILES string of the molecule is O[C@H]1CCC(F)(F)CC1C1c2ccccc2-c2cncn21. The normalized spacial score (nSPS) is 30.0. The van der Waals surface area contributed by atoms with Gasteiger partial charge >= 0.3 is 0 Å². The van der Waals surface area contributed by atoms with Crippen LogP contribution in [0.1, 0.15) is 30.9 Å². The second kappa shape index (κ2) is 4.37. The molecule has 2 heterocycles. The quantitative estimate of drug-likeness (QED) is 0.875. The second-order valence-corrected chi connectivity index (χ2v) is 6.05. The van der Waals surface area contributed by atoms with E-state index < -0.39 is 17.9 Å². The van der Waals surface area contributed by atoms with Crippen molar-refractivity contribution in [3.8, 4) is 11.3 Å². The van der Waals surface area contributed by atoms with Crippen LogP contribution < -0.4 is 0 Å². The van der Waals surface area contributed by atoms with E-state index in [0.29, 0.717) is 0 Å². The third-order valence-corrected chi connectivity index (χ3v) is 4.76. The minimum Gasteiger partial charge on any atom is -0.393 e. The van der Waals surface area contributed by atoms with Gasteiger partial charge in [0.05, 0.1) is 30.4 Å². The Bertz CT molecular complexity index is 682. The van der Waals surface area contributed by atoms with Gasteiger partial charge in [0, 0.05) is 24.3 Å². The van der Waals surface area contributed by atoms with E-state index in [1.54, 1.807) is 12.5 Å². The zero-order chi connectivity index (χ0) is 14.6. The van der Waals surface area contributed by atoms with E-state index in [2.05, 4.69) is 4.98 Å². The Morgan fingerprint density at radius 2 is 2.10 bits per heavy atom. The molecule has 0 amide bonds. The van der Waals surface area contributed by atoms with Crippen molar-refractivity contribution in [2.75, 3.05) is 0 Å². The number of halogens is 2. The van der Waals surface area contributed by atoms with Crippen LogP contribution in [-0.4, -0.2) is 26.7 Å². The Hall–Kier alpha value is -1.75. The van der Waals surface area contributed by atoms with Crippen molar-refractivity contribution in [3.05, 3.63) is 42.4 Å². The topological polar surface area (TPSA) is 38.1 Å². The molecule has 0 radical (unpaired) electrons. The minimum absolute atomic E-state index is 0.153. The highest BCUT2D eigenvalue weighted by Crippen LogP contribution is 2.49. The summed E-state index contributed by atoms with van der Waals surface area (Å²) in [6, 6.07) is 7.55. The van der Waals surface area contributed by atoms with Crippen LogP contribution in [0.25, 0.3) is 11.3 Å². The summed E-state index contributed by atoms with van der Waals surface area (Å²) in [6.07, 6.45) is 2.39. The van der Waals surface area contributed by atoms with Crippen molar-refractivity contribution in [3.63, 3.8) is 0 Å². The molecule has 1 aromatic carbocycles. The summed E-state index contributed by atoms with van der Waals surface area (Å²) in [5.74, 6) is -3.17. The first-order valence-corrected chi connectivity index (χ1v) is 7.24. The minimum atomic E-state index is -2.69. The number of nitrogens with zero attached hydrogens (tertiary/aromatic N) is 2. The van der Waals surface area contributed by atoms with Crippen LogP contribution >= 0.6 is 0 Å². The molecule has 0 saturated heterocycles. The Labute approximate surface area is 121 Å². The lowest BCUT2D eigenvalue weighted by atomic mass is 9.77. The molecule has 0 bridgehead atoms. The number of hydrogen-bond donors (Lipinski definition) is 1. The third kappa shape index (κ3) is 1.91. The first kappa shape index (κ1) is 13.0.